The Morgan fingerprint density at radius 3 is 2.82 bits per heavy atom. The van der Waals surface area contributed by atoms with Crippen molar-refractivity contribution in [1.29, 1.82) is 0 Å². The number of hydrogen-bond donors (Lipinski definition) is 1. The lowest BCUT2D eigenvalue weighted by Crippen LogP contribution is -2.07. The quantitative estimate of drug-likeness (QED) is 0.858. The topological polar surface area (TPSA) is 50.4 Å². The van der Waals surface area contributed by atoms with Crippen LogP contribution in [-0.2, 0) is 0 Å². The Hall–Kier alpha value is -2.29. The van der Waals surface area contributed by atoms with E-state index in [4.69, 9.17) is 4.42 Å². The zero-order chi connectivity index (χ0) is 12.4. The van der Waals surface area contributed by atoms with E-state index in [0.29, 0.717) is 22.3 Å². The summed E-state index contributed by atoms with van der Waals surface area (Å²) in [5.74, 6) is 0.518. The van der Waals surface area contributed by atoms with E-state index in [1.54, 1.807) is 18.2 Å². The third kappa shape index (κ3) is 1.87. The minimum absolute atomic E-state index is 0.0404. The molecule has 0 aliphatic carbocycles. The molecule has 0 saturated carbocycles. The Balaban J connectivity index is 2.92. The van der Waals surface area contributed by atoms with Crippen LogP contribution in [0.4, 0.5) is 0 Å². The van der Waals surface area contributed by atoms with Crippen molar-refractivity contribution in [2.75, 3.05) is 0 Å². The normalized spacial score (nSPS) is 11.1. The van der Waals surface area contributed by atoms with Crippen LogP contribution in [0.5, 0.6) is 5.75 Å². The smallest absolute Gasteiger partial charge is 0.200 e. The van der Waals surface area contributed by atoms with Crippen molar-refractivity contribution in [1.82, 2.24) is 0 Å². The predicted octanol–water partition coefficient (Wildman–Crippen LogP) is 3.17. The summed E-state index contributed by atoms with van der Waals surface area (Å²) in [6.07, 6.45) is 4.97. The number of rotatable bonds is 2. The van der Waals surface area contributed by atoms with E-state index in [9.17, 15) is 9.90 Å². The Labute approximate surface area is 98.3 Å². The van der Waals surface area contributed by atoms with Gasteiger partial charge in [-0.3, -0.25) is 4.79 Å². The number of hydrogen-bond acceptors (Lipinski definition) is 3. The van der Waals surface area contributed by atoms with Crippen LogP contribution in [0.3, 0.4) is 0 Å². The second kappa shape index (κ2) is 4.29. The second-order valence-electron chi connectivity index (χ2n) is 3.59. The van der Waals surface area contributed by atoms with Gasteiger partial charge in [0.25, 0.3) is 0 Å². The van der Waals surface area contributed by atoms with Gasteiger partial charge in [-0.2, -0.15) is 0 Å². The van der Waals surface area contributed by atoms with E-state index in [2.05, 4.69) is 6.58 Å². The molecule has 0 aliphatic rings. The molecule has 0 spiro atoms. The fourth-order valence-corrected chi connectivity index (χ4v) is 1.68. The van der Waals surface area contributed by atoms with Crippen LogP contribution in [0.1, 0.15) is 18.2 Å². The van der Waals surface area contributed by atoms with Crippen LogP contribution in [0.25, 0.3) is 23.1 Å². The van der Waals surface area contributed by atoms with Crippen molar-refractivity contribution in [2.24, 2.45) is 0 Å². The highest BCUT2D eigenvalue weighted by atomic mass is 16.3. The van der Waals surface area contributed by atoms with Crippen molar-refractivity contribution in [3.05, 3.63) is 52.4 Å². The third-order valence-electron chi connectivity index (χ3n) is 2.46. The van der Waals surface area contributed by atoms with E-state index in [-0.39, 0.29) is 11.2 Å². The summed E-state index contributed by atoms with van der Waals surface area (Å²) in [5, 5.41) is 9.73. The van der Waals surface area contributed by atoms with E-state index in [1.807, 2.05) is 6.92 Å². The molecule has 1 heterocycles. The molecule has 0 atom stereocenters. The molecule has 0 saturated heterocycles. The number of fused-ring (bicyclic) bond motifs is 1. The van der Waals surface area contributed by atoms with Crippen LogP contribution in [0, 0.1) is 0 Å². The molecule has 0 unspecified atom stereocenters. The van der Waals surface area contributed by atoms with Gasteiger partial charge in [0.15, 0.2) is 0 Å². The van der Waals surface area contributed by atoms with Crippen molar-refractivity contribution < 1.29 is 9.52 Å². The van der Waals surface area contributed by atoms with Crippen molar-refractivity contribution in [3.8, 4) is 5.75 Å². The maximum absolute atomic E-state index is 12.1. The minimum Gasteiger partial charge on any atom is -0.508 e. The van der Waals surface area contributed by atoms with Crippen LogP contribution in [0.15, 0.2) is 40.1 Å². The molecule has 0 fully saturated rings. The Morgan fingerprint density at radius 2 is 2.18 bits per heavy atom. The molecule has 0 amide bonds. The van der Waals surface area contributed by atoms with Gasteiger partial charge in [0.2, 0.25) is 5.43 Å². The highest BCUT2D eigenvalue weighted by Gasteiger charge is 2.10. The summed E-state index contributed by atoms with van der Waals surface area (Å²) in [6.45, 7) is 5.45. The molecule has 17 heavy (non-hydrogen) atoms. The molecule has 0 bridgehead atoms. The summed E-state index contributed by atoms with van der Waals surface area (Å²) >= 11 is 0. The first kappa shape index (κ1) is 11.2. The van der Waals surface area contributed by atoms with Crippen molar-refractivity contribution >= 4 is 23.1 Å². The van der Waals surface area contributed by atoms with E-state index in [0.717, 1.165) is 0 Å². The summed E-state index contributed by atoms with van der Waals surface area (Å²) in [6, 6.07) is 4.46. The average Bonchev–Trinajstić information content (AvgIpc) is 2.31. The second-order valence-corrected chi connectivity index (χ2v) is 3.59. The average molecular weight is 228 g/mol. The number of phenols is 1. The zero-order valence-corrected chi connectivity index (χ0v) is 9.43. The van der Waals surface area contributed by atoms with Gasteiger partial charge in [-0.15, -0.1) is 0 Å². The molecule has 2 rings (SSSR count). The van der Waals surface area contributed by atoms with Gasteiger partial charge in [-0.05, 0) is 31.2 Å². The summed E-state index contributed by atoms with van der Waals surface area (Å²) in [5.41, 5.74) is 0.665. The molecule has 3 nitrogen and oxygen atoms in total. The molecule has 3 heteroatoms. The Bertz CT molecular complexity index is 663. The maximum atomic E-state index is 12.1. The highest BCUT2D eigenvalue weighted by molar-refractivity contribution is 5.82. The van der Waals surface area contributed by atoms with Crippen LogP contribution >= 0.6 is 0 Å². The Kier molecular flexibility index (Phi) is 2.83. The van der Waals surface area contributed by atoms with E-state index in [1.165, 1.54) is 18.2 Å². The first-order valence-electron chi connectivity index (χ1n) is 5.22. The van der Waals surface area contributed by atoms with Crippen LogP contribution in [-0.4, -0.2) is 5.11 Å². The summed E-state index contributed by atoms with van der Waals surface area (Å²) in [7, 11) is 0. The molecule has 1 N–H and O–H groups in total. The maximum Gasteiger partial charge on any atom is 0.200 e. The predicted molar refractivity (Wildman–Crippen MR) is 68.9 cm³/mol. The Morgan fingerprint density at radius 1 is 1.41 bits per heavy atom. The molecule has 1 aromatic heterocycles. The molecular formula is C14H12O3. The minimum atomic E-state index is -0.190. The SMILES string of the molecule is C=Cc1c(/C=C\C)oc2ccc(O)cc2c1=O. The fraction of sp³-hybridized carbons (Fsp3) is 0.0714. The fourth-order valence-electron chi connectivity index (χ4n) is 1.68. The molecule has 2 aromatic rings. The summed E-state index contributed by atoms with van der Waals surface area (Å²) in [4.78, 5) is 12.1. The molecule has 0 aliphatic heterocycles. The molecule has 0 radical (unpaired) electrons. The van der Waals surface area contributed by atoms with Gasteiger partial charge in [0.05, 0.1) is 10.9 Å². The van der Waals surface area contributed by atoms with Gasteiger partial charge < -0.3 is 9.52 Å². The molecule has 86 valence electrons. The van der Waals surface area contributed by atoms with Crippen molar-refractivity contribution in [3.63, 3.8) is 0 Å². The third-order valence-corrected chi connectivity index (χ3v) is 2.46. The van der Waals surface area contributed by atoms with Gasteiger partial charge in [0, 0.05) is 0 Å². The molecular weight excluding hydrogens is 216 g/mol. The van der Waals surface area contributed by atoms with Gasteiger partial charge >= 0.3 is 0 Å². The monoisotopic (exact) mass is 228 g/mol. The van der Waals surface area contributed by atoms with Gasteiger partial charge in [0.1, 0.15) is 17.1 Å². The largest absolute Gasteiger partial charge is 0.508 e. The number of allylic oxidation sites excluding steroid dienone is 1. The zero-order valence-electron chi connectivity index (χ0n) is 9.43. The van der Waals surface area contributed by atoms with Gasteiger partial charge in [-0.25, -0.2) is 0 Å². The lowest BCUT2D eigenvalue weighted by Gasteiger charge is -2.03. The first-order chi connectivity index (χ1) is 8.17. The number of aromatic hydroxyl groups is 1. The lowest BCUT2D eigenvalue weighted by atomic mass is 10.1. The van der Waals surface area contributed by atoms with Crippen molar-refractivity contribution in [2.45, 2.75) is 6.92 Å². The number of benzene rings is 1. The van der Waals surface area contributed by atoms with Gasteiger partial charge in [-0.1, -0.05) is 18.7 Å². The first-order valence-corrected chi connectivity index (χ1v) is 5.22. The number of phenolic OH excluding ortho intramolecular Hbond substituents is 1. The van der Waals surface area contributed by atoms with Crippen LogP contribution < -0.4 is 5.43 Å². The highest BCUT2D eigenvalue weighted by Crippen LogP contribution is 2.21. The van der Waals surface area contributed by atoms with Crippen LogP contribution in [0.2, 0.25) is 0 Å². The molecule has 1 aromatic carbocycles. The lowest BCUT2D eigenvalue weighted by molar-refractivity contribution is 0.475. The van der Waals surface area contributed by atoms with E-state index >= 15 is 0 Å². The standard InChI is InChI=1S/C14H12O3/c1-3-5-12-10(4-2)14(16)11-8-9(15)6-7-13(11)17-12/h3-8,15H,2H2,1H3/b5-3-. The van der Waals surface area contributed by atoms with E-state index < -0.39 is 0 Å². The summed E-state index contributed by atoms with van der Waals surface area (Å²) < 4.78 is 5.59.